The van der Waals surface area contributed by atoms with Gasteiger partial charge in [0.25, 0.3) is 0 Å². The van der Waals surface area contributed by atoms with Crippen LogP contribution in [0.3, 0.4) is 0 Å². The number of carbonyl (C=O) groups is 1. The largest absolute Gasteiger partial charge is 0.465 e. The number of aliphatic hydroxyl groups is 1. The predicted molar refractivity (Wildman–Crippen MR) is 75.8 cm³/mol. The van der Waals surface area contributed by atoms with Gasteiger partial charge in [-0.1, -0.05) is 12.8 Å². The summed E-state index contributed by atoms with van der Waals surface area (Å²) < 4.78 is 5.18. The highest BCUT2D eigenvalue weighted by Crippen LogP contribution is 2.39. The molecule has 4 nitrogen and oxygen atoms in total. The van der Waals surface area contributed by atoms with E-state index in [2.05, 4.69) is 0 Å². The van der Waals surface area contributed by atoms with Crippen molar-refractivity contribution in [3.63, 3.8) is 0 Å². The third-order valence-electron chi connectivity index (χ3n) is 4.67. The van der Waals surface area contributed by atoms with Crippen LogP contribution in [0.5, 0.6) is 0 Å². The zero-order valence-corrected chi connectivity index (χ0v) is 11.6. The van der Waals surface area contributed by atoms with Crippen LogP contribution in [0.1, 0.15) is 37.9 Å². The van der Waals surface area contributed by atoms with Crippen LogP contribution in [0.25, 0.3) is 6.08 Å². The molecule has 108 valence electrons. The monoisotopic (exact) mass is 275 g/mol. The minimum atomic E-state index is -0.528. The van der Waals surface area contributed by atoms with Gasteiger partial charge in [-0.2, -0.15) is 0 Å². The van der Waals surface area contributed by atoms with Crippen molar-refractivity contribution in [2.45, 2.75) is 37.7 Å². The molecule has 2 atom stereocenters. The zero-order chi connectivity index (χ0) is 14.0. The van der Waals surface area contributed by atoms with Crippen molar-refractivity contribution in [2.24, 2.45) is 5.92 Å². The van der Waals surface area contributed by atoms with Crippen LogP contribution in [-0.4, -0.2) is 34.6 Å². The van der Waals surface area contributed by atoms with Crippen molar-refractivity contribution >= 4 is 12.0 Å². The van der Waals surface area contributed by atoms with Gasteiger partial charge < -0.3 is 14.4 Å². The molecule has 2 aliphatic rings. The fourth-order valence-corrected chi connectivity index (χ4v) is 3.42. The van der Waals surface area contributed by atoms with E-state index in [1.54, 1.807) is 24.5 Å². The van der Waals surface area contributed by atoms with E-state index in [1.165, 1.54) is 0 Å². The molecule has 0 bridgehead atoms. The van der Waals surface area contributed by atoms with Gasteiger partial charge in [0.05, 0.1) is 11.9 Å². The number of piperidine rings is 1. The topological polar surface area (TPSA) is 53.7 Å². The van der Waals surface area contributed by atoms with Gasteiger partial charge in [0.15, 0.2) is 0 Å². The van der Waals surface area contributed by atoms with Crippen LogP contribution in [0.15, 0.2) is 28.9 Å². The summed E-state index contributed by atoms with van der Waals surface area (Å²) in [5, 5.41) is 10.6. The van der Waals surface area contributed by atoms with E-state index in [0.717, 1.165) is 25.7 Å². The maximum atomic E-state index is 12.2. The lowest BCUT2D eigenvalue weighted by Gasteiger charge is -2.47. The Labute approximate surface area is 119 Å². The zero-order valence-electron chi connectivity index (χ0n) is 11.6. The highest BCUT2D eigenvalue weighted by Gasteiger charge is 2.43. The van der Waals surface area contributed by atoms with E-state index in [4.69, 9.17) is 4.42 Å². The first-order chi connectivity index (χ1) is 9.67. The summed E-state index contributed by atoms with van der Waals surface area (Å²) in [5.41, 5.74) is -0.528. The Balaban J connectivity index is 1.62. The van der Waals surface area contributed by atoms with E-state index >= 15 is 0 Å². The molecule has 2 fully saturated rings. The summed E-state index contributed by atoms with van der Waals surface area (Å²) in [5.74, 6) is 0.935. The van der Waals surface area contributed by atoms with E-state index in [9.17, 15) is 9.90 Å². The highest BCUT2D eigenvalue weighted by molar-refractivity contribution is 5.91. The van der Waals surface area contributed by atoms with Crippen LogP contribution in [0.4, 0.5) is 0 Å². The Hall–Kier alpha value is -1.55. The summed E-state index contributed by atoms with van der Waals surface area (Å²) >= 11 is 0. The fourth-order valence-electron chi connectivity index (χ4n) is 3.42. The van der Waals surface area contributed by atoms with Gasteiger partial charge in [0.1, 0.15) is 5.76 Å². The minimum Gasteiger partial charge on any atom is -0.465 e. The van der Waals surface area contributed by atoms with Crippen molar-refractivity contribution in [1.29, 1.82) is 0 Å². The Kier molecular flexibility index (Phi) is 3.66. The first-order valence-corrected chi connectivity index (χ1v) is 7.40. The number of carbonyl (C=O) groups excluding carboxylic acids is 1. The number of hydrogen-bond acceptors (Lipinski definition) is 3. The lowest BCUT2D eigenvalue weighted by Crippen LogP contribution is -2.54. The van der Waals surface area contributed by atoms with E-state index in [1.807, 2.05) is 11.0 Å². The third kappa shape index (κ3) is 2.66. The van der Waals surface area contributed by atoms with Gasteiger partial charge in [-0.3, -0.25) is 4.79 Å². The second-order valence-electron chi connectivity index (χ2n) is 5.93. The molecule has 3 rings (SSSR count). The average Bonchev–Trinajstić information content (AvgIpc) is 2.97. The second-order valence-corrected chi connectivity index (χ2v) is 5.93. The van der Waals surface area contributed by atoms with Crippen LogP contribution in [0, 0.1) is 5.92 Å². The number of furan rings is 1. The molecule has 4 heteroatoms. The first kappa shape index (κ1) is 13.4. The first-order valence-electron chi connectivity index (χ1n) is 7.40. The Morgan fingerprint density at radius 2 is 2.35 bits per heavy atom. The number of nitrogens with zero attached hydrogens (tertiary/aromatic N) is 1. The molecule has 2 heterocycles. The number of rotatable bonds is 2. The van der Waals surface area contributed by atoms with Crippen LogP contribution in [-0.2, 0) is 4.79 Å². The van der Waals surface area contributed by atoms with Gasteiger partial charge in [-0.05, 0) is 37.5 Å². The SMILES string of the molecule is O=C(/C=C/c1ccco1)N1CCC2(O)CCCCC2C1. The van der Waals surface area contributed by atoms with Crippen molar-refractivity contribution < 1.29 is 14.3 Å². The Morgan fingerprint density at radius 3 is 3.15 bits per heavy atom. The van der Waals surface area contributed by atoms with E-state index in [0.29, 0.717) is 25.3 Å². The standard InChI is InChI=1S/C16H21NO3/c18-15(7-6-14-5-3-11-20-14)17-10-9-16(19)8-2-1-4-13(16)12-17/h3,5-7,11,13,19H,1-2,4,8-10,12H2/b7-6+. The van der Waals surface area contributed by atoms with Gasteiger partial charge in [-0.15, -0.1) is 0 Å². The van der Waals surface area contributed by atoms with Crippen molar-refractivity contribution in [3.05, 3.63) is 30.2 Å². The Bertz CT molecular complexity index is 494. The van der Waals surface area contributed by atoms with Gasteiger partial charge in [0, 0.05) is 25.1 Å². The molecule has 20 heavy (non-hydrogen) atoms. The summed E-state index contributed by atoms with van der Waals surface area (Å²) in [6.45, 7) is 1.33. The lowest BCUT2D eigenvalue weighted by atomic mass is 9.71. The normalized spacial score (nSPS) is 30.4. The molecule has 0 aromatic carbocycles. The molecule has 0 radical (unpaired) electrons. The third-order valence-corrected chi connectivity index (χ3v) is 4.67. The van der Waals surface area contributed by atoms with E-state index in [-0.39, 0.29) is 11.8 Å². The molecule has 2 unspecified atom stereocenters. The molecule has 1 saturated heterocycles. The van der Waals surface area contributed by atoms with Crippen LogP contribution in [0.2, 0.25) is 0 Å². The van der Waals surface area contributed by atoms with Gasteiger partial charge in [-0.25, -0.2) is 0 Å². The van der Waals surface area contributed by atoms with Gasteiger partial charge >= 0.3 is 0 Å². The smallest absolute Gasteiger partial charge is 0.246 e. The second kappa shape index (κ2) is 5.44. The molecule has 0 spiro atoms. The molecular formula is C16H21NO3. The average molecular weight is 275 g/mol. The molecule has 1 amide bonds. The van der Waals surface area contributed by atoms with E-state index < -0.39 is 5.60 Å². The molecule has 1 saturated carbocycles. The fraction of sp³-hybridized carbons (Fsp3) is 0.562. The number of hydrogen-bond donors (Lipinski definition) is 1. The molecule has 1 aromatic heterocycles. The number of likely N-dealkylation sites (tertiary alicyclic amines) is 1. The quantitative estimate of drug-likeness (QED) is 0.843. The molecular weight excluding hydrogens is 254 g/mol. The summed E-state index contributed by atoms with van der Waals surface area (Å²) in [6, 6.07) is 3.62. The van der Waals surface area contributed by atoms with Crippen LogP contribution >= 0.6 is 0 Å². The van der Waals surface area contributed by atoms with Gasteiger partial charge in [0.2, 0.25) is 5.91 Å². The summed E-state index contributed by atoms with van der Waals surface area (Å²) in [7, 11) is 0. The Morgan fingerprint density at radius 1 is 1.45 bits per heavy atom. The van der Waals surface area contributed by atoms with Crippen molar-refractivity contribution in [2.75, 3.05) is 13.1 Å². The molecule has 1 aliphatic heterocycles. The maximum Gasteiger partial charge on any atom is 0.246 e. The number of amides is 1. The molecule has 1 aliphatic carbocycles. The van der Waals surface area contributed by atoms with Crippen molar-refractivity contribution in [1.82, 2.24) is 4.90 Å². The predicted octanol–water partition coefficient (Wildman–Crippen LogP) is 2.45. The highest BCUT2D eigenvalue weighted by atomic mass is 16.3. The summed E-state index contributed by atoms with van der Waals surface area (Å²) in [6.07, 6.45) is 9.75. The minimum absolute atomic E-state index is 0.00836. The number of fused-ring (bicyclic) bond motifs is 1. The maximum absolute atomic E-state index is 12.2. The summed E-state index contributed by atoms with van der Waals surface area (Å²) in [4.78, 5) is 14.0. The molecule has 1 aromatic rings. The van der Waals surface area contributed by atoms with Crippen LogP contribution < -0.4 is 0 Å². The molecule has 1 N–H and O–H groups in total. The van der Waals surface area contributed by atoms with Crippen molar-refractivity contribution in [3.8, 4) is 0 Å². The lowest BCUT2D eigenvalue weighted by molar-refractivity contribution is -0.138.